The molecule has 4 rings (SSSR count). The van der Waals surface area contributed by atoms with Crippen LogP contribution in [0.1, 0.15) is 24.0 Å². The molecule has 0 atom stereocenters. The van der Waals surface area contributed by atoms with Gasteiger partial charge in [-0.15, -0.1) is 5.10 Å². The first-order valence-electron chi connectivity index (χ1n) is 10.1. The van der Waals surface area contributed by atoms with Crippen LogP contribution in [-0.2, 0) is 9.59 Å². The third kappa shape index (κ3) is 5.26. The number of aromatic amines is 1. The van der Waals surface area contributed by atoms with Gasteiger partial charge in [0.2, 0.25) is 5.91 Å². The summed E-state index contributed by atoms with van der Waals surface area (Å²) in [5, 5.41) is 25.7. The first-order valence-corrected chi connectivity index (χ1v) is 10.9. The lowest BCUT2D eigenvalue weighted by Crippen LogP contribution is -2.29. The minimum Gasteiger partial charge on any atom is -0.507 e. The molecular weight excluding hydrogens is 444 g/mol. The van der Waals surface area contributed by atoms with E-state index in [9.17, 15) is 19.5 Å². The summed E-state index contributed by atoms with van der Waals surface area (Å²) in [4.78, 5) is 38.7. The van der Waals surface area contributed by atoms with Crippen LogP contribution in [0.4, 0.5) is 10.5 Å². The van der Waals surface area contributed by atoms with Crippen molar-refractivity contribution in [2.24, 2.45) is 0 Å². The van der Waals surface area contributed by atoms with Gasteiger partial charge in [0.05, 0.1) is 10.5 Å². The number of nitrogens with zero attached hydrogens (tertiary/aromatic N) is 4. The number of benzene rings is 2. The number of H-pyrrole nitrogens is 1. The quantitative estimate of drug-likeness (QED) is 0.452. The monoisotopic (exact) mass is 464 g/mol. The van der Waals surface area contributed by atoms with Crippen molar-refractivity contribution in [3.63, 3.8) is 0 Å². The second-order valence-corrected chi connectivity index (χ2v) is 8.37. The Kier molecular flexibility index (Phi) is 6.50. The molecule has 0 aliphatic carbocycles. The van der Waals surface area contributed by atoms with Crippen LogP contribution in [0.5, 0.6) is 5.75 Å². The average Bonchev–Trinajstić information content (AvgIpc) is 3.38. The predicted octanol–water partition coefficient (Wildman–Crippen LogP) is 3.34. The van der Waals surface area contributed by atoms with E-state index in [1.165, 1.54) is 6.07 Å². The fourth-order valence-corrected chi connectivity index (χ4v) is 4.17. The van der Waals surface area contributed by atoms with Gasteiger partial charge in [0.25, 0.3) is 11.1 Å². The van der Waals surface area contributed by atoms with Gasteiger partial charge in [-0.3, -0.25) is 19.3 Å². The topological polar surface area (TPSA) is 141 Å². The normalized spacial score (nSPS) is 14.8. The lowest BCUT2D eigenvalue weighted by Gasteiger charge is -2.12. The molecule has 0 radical (unpaired) electrons. The molecule has 2 heterocycles. The number of nitrogens with one attached hydrogen (secondary N) is 2. The molecule has 0 unspecified atom stereocenters. The molecule has 3 N–H and O–H groups in total. The van der Waals surface area contributed by atoms with Gasteiger partial charge < -0.3 is 10.4 Å². The van der Waals surface area contributed by atoms with Gasteiger partial charge in [-0.2, -0.15) is 0 Å². The molecule has 2 aromatic carbocycles. The summed E-state index contributed by atoms with van der Waals surface area (Å²) in [6, 6.07) is 12.2. The number of hydrogen-bond donors (Lipinski definition) is 3. The number of phenols is 1. The van der Waals surface area contributed by atoms with Crippen LogP contribution in [0.25, 0.3) is 17.5 Å². The highest BCUT2D eigenvalue weighted by molar-refractivity contribution is 8.18. The largest absolute Gasteiger partial charge is 0.507 e. The number of hydrogen-bond acceptors (Lipinski definition) is 8. The molecule has 3 aromatic rings. The number of aryl methyl sites for hydroxylation is 1. The van der Waals surface area contributed by atoms with Crippen LogP contribution < -0.4 is 5.32 Å². The molecule has 1 fully saturated rings. The van der Waals surface area contributed by atoms with Crippen molar-refractivity contribution in [1.82, 2.24) is 25.5 Å². The fourth-order valence-electron chi connectivity index (χ4n) is 3.31. The van der Waals surface area contributed by atoms with Crippen molar-refractivity contribution < 1.29 is 19.5 Å². The van der Waals surface area contributed by atoms with E-state index in [1.54, 1.807) is 18.2 Å². The molecular formula is C22H20N6O4S. The second kappa shape index (κ2) is 9.65. The Morgan fingerprint density at radius 1 is 1.24 bits per heavy atom. The summed E-state index contributed by atoms with van der Waals surface area (Å²) in [5.41, 5.74) is 2.72. The number of rotatable bonds is 7. The summed E-state index contributed by atoms with van der Waals surface area (Å²) in [5.74, 6) is -0.441. The van der Waals surface area contributed by atoms with Gasteiger partial charge in [-0.05, 0) is 59.3 Å². The number of phenolic OH excluding ortho intramolecular Hbond substituents is 1. The van der Waals surface area contributed by atoms with Crippen LogP contribution in [0.3, 0.4) is 0 Å². The molecule has 11 heteroatoms. The van der Waals surface area contributed by atoms with E-state index in [-0.39, 0.29) is 35.8 Å². The van der Waals surface area contributed by atoms with Crippen molar-refractivity contribution in [1.29, 1.82) is 0 Å². The van der Waals surface area contributed by atoms with Gasteiger partial charge in [0.15, 0.2) is 5.82 Å². The molecule has 1 saturated heterocycles. The molecule has 168 valence electrons. The van der Waals surface area contributed by atoms with E-state index < -0.39 is 0 Å². The van der Waals surface area contributed by atoms with E-state index >= 15 is 0 Å². The maximum absolute atomic E-state index is 12.6. The number of tetrazole rings is 1. The van der Waals surface area contributed by atoms with E-state index in [1.807, 2.05) is 31.2 Å². The fraction of sp³-hybridized carbons (Fsp3) is 0.182. The molecule has 0 spiro atoms. The highest BCUT2D eigenvalue weighted by atomic mass is 32.2. The van der Waals surface area contributed by atoms with Crippen molar-refractivity contribution in [3.05, 3.63) is 58.5 Å². The number of thioether (sulfide) groups is 1. The number of anilines is 1. The van der Waals surface area contributed by atoms with Gasteiger partial charge in [0.1, 0.15) is 5.75 Å². The molecule has 10 nitrogen and oxygen atoms in total. The minimum absolute atomic E-state index is 0.0930. The summed E-state index contributed by atoms with van der Waals surface area (Å²) in [6.45, 7) is 2.10. The van der Waals surface area contributed by atoms with Gasteiger partial charge in [-0.1, -0.05) is 29.8 Å². The highest BCUT2D eigenvalue weighted by Crippen LogP contribution is 2.32. The number of carbonyl (C=O) groups excluding carboxylic acids is 3. The number of carbonyl (C=O) groups is 3. The zero-order chi connectivity index (χ0) is 23.4. The Morgan fingerprint density at radius 2 is 2.09 bits per heavy atom. The zero-order valence-electron chi connectivity index (χ0n) is 17.6. The molecule has 0 bridgehead atoms. The van der Waals surface area contributed by atoms with Crippen molar-refractivity contribution in [2.75, 3.05) is 11.9 Å². The van der Waals surface area contributed by atoms with E-state index in [0.717, 1.165) is 27.8 Å². The van der Waals surface area contributed by atoms with E-state index in [4.69, 9.17) is 0 Å². The second-order valence-electron chi connectivity index (χ2n) is 7.38. The van der Waals surface area contributed by atoms with Crippen LogP contribution in [0.15, 0.2) is 47.4 Å². The Balaban J connectivity index is 1.30. The van der Waals surface area contributed by atoms with Gasteiger partial charge >= 0.3 is 0 Å². The smallest absolute Gasteiger partial charge is 0.293 e. The average molecular weight is 465 g/mol. The summed E-state index contributed by atoms with van der Waals surface area (Å²) in [6.07, 6.45) is 2.12. The number of amides is 3. The van der Waals surface area contributed by atoms with Crippen molar-refractivity contribution in [2.45, 2.75) is 19.8 Å². The summed E-state index contributed by atoms with van der Waals surface area (Å²) in [7, 11) is 0. The maximum atomic E-state index is 12.6. The lowest BCUT2D eigenvalue weighted by atomic mass is 10.1. The number of aromatic hydroxyl groups is 1. The molecule has 1 aromatic heterocycles. The Hall–Kier alpha value is -3.99. The van der Waals surface area contributed by atoms with Crippen LogP contribution in [0, 0.1) is 6.92 Å². The molecule has 1 aliphatic rings. The standard InChI is InChI=1S/C22H20N6O4S/c1-13-4-2-5-14(10-13)11-18-21(31)28(22(32)33-18)9-3-6-19(30)23-15-7-8-16(17(29)12-15)20-24-26-27-25-20/h2,4-5,7-8,10-12,29H,3,6,9H2,1H3,(H,23,30)(H,24,25,26,27)/b18-11-. The molecule has 33 heavy (non-hydrogen) atoms. The van der Waals surface area contributed by atoms with Crippen LogP contribution in [-0.4, -0.2) is 54.2 Å². The van der Waals surface area contributed by atoms with Crippen molar-refractivity contribution >= 4 is 40.6 Å². The first kappa shape index (κ1) is 22.2. The summed E-state index contributed by atoms with van der Waals surface area (Å²) >= 11 is 0.899. The molecule has 3 amide bonds. The van der Waals surface area contributed by atoms with E-state index in [0.29, 0.717) is 28.4 Å². The highest BCUT2D eigenvalue weighted by Gasteiger charge is 2.34. The lowest BCUT2D eigenvalue weighted by molar-refractivity contribution is -0.123. The van der Waals surface area contributed by atoms with Crippen LogP contribution >= 0.6 is 11.8 Å². The predicted molar refractivity (Wildman–Crippen MR) is 123 cm³/mol. The Labute approximate surface area is 193 Å². The van der Waals surface area contributed by atoms with Gasteiger partial charge in [0, 0.05) is 24.7 Å². The number of imide groups is 1. The zero-order valence-corrected chi connectivity index (χ0v) is 18.4. The Morgan fingerprint density at radius 3 is 2.82 bits per heavy atom. The Bertz CT molecular complexity index is 1240. The van der Waals surface area contributed by atoms with Crippen molar-refractivity contribution in [3.8, 4) is 17.1 Å². The number of aromatic nitrogens is 4. The third-order valence-electron chi connectivity index (χ3n) is 4.88. The maximum Gasteiger partial charge on any atom is 0.293 e. The van der Waals surface area contributed by atoms with E-state index in [2.05, 4.69) is 25.9 Å². The molecule has 0 saturated carbocycles. The minimum atomic E-state index is -0.352. The SMILES string of the molecule is Cc1cccc(/C=C2\SC(=O)N(CCCC(=O)Nc3ccc(-c4nnn[nH]4)c(O)c3)C2=O)c1. The molecule has 1 aliphatic heterocycles. The third-order valence-corrected chi connectivity index (χ3v) is 5.79. The van der Waals surface area contributed by atoms with Gasteiger partial charge in [-0.25, -0.2) is 5.10 Å². The van der Waals surface area contributed by atoms with Crippen LogP contribution in [0.2, 0.25) is 0 Å². The first-order chi connectivity index (χ1) is 15.9. The summed E-state index contributed by atoms with van der Waals surface area (Å²) < 4.78 is 0.